The van der Waals surface area contributed by atoms with Gasteiger partial charge in [-0.15, -0.1) is 0 Å². The van der Waals surface area contributed by atoms with Crippen LogP contribution in [0.1, 0.15) is 37.1 Å². The number of carbonyl (C=O) groups excluding carboxylic acids is 1. The normalized spacial score (nSPS) is 11.0. The van der Waals surface area contributed by atoms with Gasteiger partial charge < -0.3 is 9.47 Å². The maximum Gasteiger partial charge on any atom is 0.276 e. The van der Waals surface area contributed by atoms with Crippen LogP contribution in [0, 0.1) is 5.92 Å². The molecule has 0 aliphatic carbocycles. The van der Waals surface area contributed by atoms with E-state index in [1.165, 1.54) is 0 Å². The Morgan fingerprint density at radius 2 is 2.17 bits per heavy atom. The number of aromatic nitrogens is 3. The lowest BCUT2D eigenvalue weighted by Crippen LogP contribution is -2.32. The van der Waals surface area contributed by atoms with Crippen molar-refractivity contribution < 1.29 is 4.79 Å². The van der Waals surface area contributed by atoms with E-state index in [4.69, 9.17) is 0 Å². The van der Waals surface area contributed by atoms with E-state index in [9.17, 15) is 4.79 Å². The SMILES string of the molecule is CCN(C(=O)c1cnc(CSCC(C)C)n1C)c1cccnc1. The highest BCUT2D eigenvalue weighted by molar-refractivity contribution is 7.98. The molecule has 0 aliphatic rings. The van der Waals surface area contributed by atoms with Gasteiger partial charge in [0.15, 0.2) is 0 Å². The van der Waals surface area contributed by atoms with E-state index < -0.39 is 0 Å². The van der Waals surface area contributed by atoms with Crippen molar-refractivity contribution in [2.45, 2.75) is 26.5 Å². The predicted octanol–water partition coefficient (Wildman–Crippen LogP) is 3.37. The molecule has 2 heterocycles. The van der Waals surface area contributed by atoms with Crippen LogP contribution in [0.2, 0.25) is 0 Å². The highest BCUT2D eigenvalue weighted by atomic mass is 32.2. The summed E-state index contributed by atoms with van der Waals surface area (Å²) in [5.74, 6) is 3.45. The summed E-state index contributed by atoms with van der Waals surface area (Å²) in [6.07, 6.45) is 5.08. The Hall–Kier alpha value is -1.82. The van der Waals surface area contributed by atoms with Gasteiger partial charge in [-0.1, -0.05) is 13.8 Å². The zero-order chi connectivity index (χ0) is 16.8. The molecule has 2 aromatic rings. The van der Waals surface area contributed by atoms with E-state index in [0.29, 0.717) is 18.2 Å². The third kappa shape index (κ3) is 4.34. The van der Waals surface area contributed by atoms with Crippen molar-refractivity contribution in [1.29, 1.82) is 0 Å². The summed E-state index contributed by atoms with van der Waals surface area (Å²) in [7, 11) is 1.91. The molecule has 0 fully saturated rings. The molecular weight excluding hydrogens is 308 g/mol. The Morgan fingerprint density at radius 3 is 2.78 bits per heavy atom. The number of amides is 1. The predicted molar refractivity (Wildman–Crippen MR) is 95.8 cm³/mol. The molecule has 2 aromatic heterocycles. The molecule has 0 atom stereocenters. The van der Waals surface area contributed by atoms with Gasteiger partial charge in [0, 0.05) is 19.8 Å². The Kier molecular flexibility index (Phi) is 6.21. The van der Waals surface area contributed by atoms with Crippen molar-refractivity contribution in [3.05, 3.63) is 42.2 Å². The van der Waals surface area contributed by atoms with Gasteiger partial charge in [-0.25, -0.2) is 4.98 Å². The van der Waals surface area contributed by atoms with Gasteiger partial charge in [-0.2, -0.15) is 11.8 Å². The first kappa shape index (κ1) is 17.5. The van der Waals surface area contributed by atoms with Crippen molar-refractivity contribution in [3.63, 3.8) is 0 Å². The zero-order valence-corrected chi connectivity index (χ0v) is 15.0. The third-order valence-electron chi connectivity index (χ3n) is 3.50. The fourth-order valence-corrected chi connectivity index (χ4v) is 3.30. The third-order valence-corrected chi connectivity index (χ3v) is 4.87. The first-order chi connectivity index (χ1) is 11.0. The molecular formula is C17H24N4OS. The molecule has 0 aromatic carbocycles. The Labute approximate surface area is 142 Å². The average molecular weight is 332 g/mol. The van der Waals surface area contributed by atoms with E-state index in [-0.39, 0.29) is 5.91 Å². The van der Waals surface area contributed by atoms with Crippen molar-refractivity contribution in [3.8, 4) is 0 Å². The molecule has 2 rings (SSSR count). The highest BCUT2D eigenvalue weighted by Crippen LogP contribution is 2.18. The number of pyridine rings is 1. The van der Waals surface area contributed by atoms with Crippen molar-refractivity contribution in [2.24, 2.45) is 13.0 Å². The summed E-state index contributed by atoms with van der Waals surface area (Å²) in [4.78, 5) is 23.1. The maximum absolute atomic E-state index is 12.8. The molecule has 124 valence electrons. The Balaban J connectivity index is 2.14. The first-order valence-corrected chi connectivity index (χ1v) is 9.00. The summed E-state index contributed by atoms with van der Waals surface area (Å²) in [6.45, 7) is 6.95. The second kappa shape index (κ2) is 8.15. The summed E-state index contributed by atoms with van der Waals surface area (Å²) < 4.78 is 1.90. The molecule has 1 amide bonds. The molecule has 0 radical (unpaired) electrons. The smallest absolute Gasteiger partial charge is 0.276 e. The van der Waals surface area contributed by atoms with Crippen LogP contribution in [0.5, 0.6) is 0 Å². The largest absolute Gasteiger partial charge is 0.326 e. The minimum absolute atomic E-state index is 0.0457. The molecule has 0 bridgehead atoms. The van der Waals surface area contributed by atoms with Crippen molar-refractivity contribution in [1.82, 2.24) is 14.5 Å². The Morgan fingerprint density at radius 1 is 1.39 bits per heavy atom. The van der Waals surface area contributed by atoms with Crippen LogP contribution in [0.25, 0.3) is 0 Å². The lowest BCUT2D eigenvalue weighted by atomic mass is 10.3. The summed E-state index contributed by atoms with van der Waals surface area (Å²) in [5.41, 5.74) is 1.41. The second-order valence-electron chi connectivity index (χ2n) is 5.79. The lowest BCUT2D eigenvalue weighted by molar-refractivity contribution is 0.0980. The van der Waals surface area contributed by atoms with Gasteiger partial charge >= 0.3 is 0 Å². The van der Waals surface area contributed by atoms with Gasteiger partial charge in [0.25, 0.3) is 5.91 Å². The standard InChI is InChI=1S/C17H24N4OS/c1-5-21(14-7-6-8-18-9-14)17(22)15-10-19-16(20(15)4)12-23-11-13(2)3/h6-10,13H,5,11-12H2,1-4H3. The van der Waals surface area contributed by atoms with Gasteiger partial charge in [0.2, 0.25) is 0 Å². The fourth-order valence-electron chi connectivity index (χ4n) is 2.26. The molecule has 6 heteroatoms. The number of imidazole rings is 1. The number of carbonyl (C=O) groups is 1. The summed E-state index contributed by atoms with van der Waals surface area (Å²) in [5, 5.41) is 0. The van der Waals surface area contributed by atoms with Crippen LogP contribution in [0.4, 0.5) is 5.69 Å². The molecule has 0 N–H and O–H groups in total. The monoisotopic (exact) mass is 332 g/mol. The molecule has 0 unspecified atom stereocenters. The van der Waals surface area contributed by atoms with Crippen LogP contribution in [0.3, 0.4) is 0 Å². The second-order valence-corrected chi connectivity index (χ2v) is 6.82. The molecule has 0 saturated heterocycles. The van der Waals surface area contributed by atoms with Gasteiger partial charge in [0.1, 0.15) is 11.5 Å². The topological polar surface area (TPSA) is 51.0 Å². The number of thioether (sulfide) groups is 1. The maximum atomic E-state index is 12.8. The number of nitrogens with zero attached hydrogens (tertiary/aromatic N) is 4. The number of anilines is 1. The van der Waals surface area contributed by atoms with Crippen LogP contribution in [-0.4, -0.2) is 32.7 Å². The molecule has 0 aliphatic heterocycles. The number of hydrogen-bond donors (Lipinski definition) is 0. The fraction of sp³-hybridized carbons (Fsp3) is 0.471. The van der Waals surface area contributed by atoms with Gasteiger partial charge in [0.05, 0.1) is 23.8 Å². The van der Waals surface area contributed by atoms with E-state index in [2.05, 4.69) is 23.8 Å². The Bertz CT molecular complexity index is 639. The van der Waals surface area contributed by atoms with Crippen molar-refractivity contribution >= 4 is 23.4 Å². The van der Waals surface area contributed by atoms with Crippen LogP contribution in [-0.2, 0) is 12.8 Å². The quantitative estimate of drug-likeness (QED) is 0.780. The van der Waals surface area contributed by atoms with Crippen LogP contribution >= 0.6 is 11.8 Å². The summed E-state index contributed by atoms with van der Waals surface area (Å²) >= 11 is 1.85. The molecule has 0 spiro atoms. The van der Waals surface area contributed by atoms with E-state index in [0.717, 1.165) is 23.0 Å². The summed E-state index contributed by atoms with van der Waals surface area (Å²) in [6, 6.07) is 3.73. The van der Waals surface area contributed by atoms with Crippen molar-refractivity contribution in [2.75, 3.05) is 17.2 Å². The lowest BCUT2D eigenvalue weighted by Gasteiger charge is -2.20. The molecule has 0 saturated carbocycles. The van der Waals surface area contributed by atoms with E-state index >= 15 is 0 Å². The first-order valence-electron chi connectivity index (χ1n) is 7.84. The number of rotatable bonds is 7. The minimum Gasteiger partial charge on any atom is -0.326 e. The van der Waals surface area contributed by atoms with Crippen LogP contribution in [0.15, 0.2) is 30.7 Å². The van der Waals surface area contributed by atoms with E-state index in [1.54, 1.807) is 23.5 Å². The minimum atomic E-state index is -0.0457. The zero-order valence-electron chi connectivity index (χ0n) is 14.2. The van der Waals surface area contributed by atoms with Gasteiger partial charge in [-0.3, -0.25) is 9.78 Å². The highest BCUT2D eigenvalue weighted by Gasteiger charge is 2.21. The van der Waals surface area contributed by atoms with E-state index in [1.807, 2.05) is 42.4 Å². The molecule has 5 nitrogen and oxygen atoms in total. The average Bonchev–Trinajstić information content (AvgIpc) is 2.90. The van der Waals surface area contributed by atoms with Crippen LogP contribution < -0.4 is 4.90 Å². The molecule has 23 heavy (non-hydrogen) atoms. The van der Waals surface area contributed by atoms with Gasteiger partial charge in [-0.05, 0) is 30.7 Å². The number of hydrogen-bond acceptors (Lipinski definition) is 4.